The molecule has 1 aromatic carbocycles. The summed E-state index contributed by atoms with van der Waals surface area (Å²) in [5.74, 6) is 1.30. The largest absolute Gasteiger partial charge is 0.496 e. The summed E-state index contributed by atoms with van der Waals surface area (Å²) in [5.41, 5.74) is 1.10. The van der Waals surface area contributed by atoms with Gasteiger partial charge in [0, 0.05) is 12.8 Å². The highest BCUT2D eigenvalue weighted by Gasteiger charge is 2.41. The highest BCUT2D eigenvalue weighted by atomic mass is 16.5. The molecule has 2 rings (SSSR count). The highest BCUT2D eigenvalue weighted by Crippen LogP contribution is 2.36. The van der Waals surface area contributed by atoms with Crippen molar-refractivity contribution in [3.8, 4) is 5.75 Å². The van der Waals surface area contributed by atoms with Gasteiger partial charge in [0.2, 0.25) is 0 Å². The summed E-state index contributed by atoms with van der Waals surface area (Å²) in [6.45, 7) is 4.14. The minimum Gasteiger partial charge on any atom is -0.496 e. The monoisotopic (exact) mass is 291 g/mol. The smallest absolute Gasteiger partial charge is 0.256 e. The first-order valence-electron chi connectivity index (χ1n) is 7.52. The van der Waals surface area contributed by atoms with Crippen LogP contribution in [0.15, 0.2) is 18.2 Å². The first-order valence-corrected chi connectivity index (χ1v) is 7.52. The van der Waals surface area contributed by atoms with Crippen LogP contribution in [0.4, 0.5) is 5.69 Å². The molecule has 0 saturated heterocycles. The number of hydrogen-bond donors (Lipinski definition) is 1. The topological polar surface area (TPSA) is 47.6 Å². The van der Waals surface area contributed by atoms with Gasteiger partial charge in [-0.05, 0) is 55.9 Å². The van der Waals surface area contributed by atoms with E-state index in [-0.39, 0.29) is 5.91 Å². The van der Waals surface area contributed by atoms with E-state index < -0.39 is 5.60 Å². The number of carbonyl (C=O) groups is 1. The molecule has 1 fully saturated rings. The number of carbonyl (C=O) groups excluding carboxylic acids is 1. The molecule has 0 radical (unpaired) electrons. The van der Waals surface area contributed by atoms with Crippen LogP contribution in [-0.2, 0) is 9.53 Å². The number of nitrogens with one attached hydrogen (secondary N) is 1. The van der Waals surface area contributed by atoms with E-state index in [1.165, 1.54) is 6.42 Å². The number of amides is 1. The maximum absolute atomic E-state index is 12.7. The third-order valence-corrected chi connectivity index (χ3v) is 4.41. The summed E-state index contributed by atoms with van der Waals surface area (Å²) in [6, 6.07) is 5.65. The summed E-state index contributed by atoms with van der Waals surface area (Å²) in [7, 11) is 3.28. The quantitative estimate of drug-likeness (QED) is 0.923. The predicted octanol–water partition coefficient (Wildman–Crippen LogP) is 3.54. The summed E-state index contributed by atoms with van der Waals surface area (Å²) < 4.78 is 10.9. The maximum atomic E-state index is 12.7. The lowest BCUT2D eigenvalue weighted by Crippen LogP contribution is -2.47. The van der Waals surface area contributed by atoms with Crippen molar-refractivity contribution >= 4 is 11.6 Å². The zero-order valence-corrected chi connectivity index (χ0v) is 13.4. The molecule has 1 saturated carbocycles. The number of aryl methyl sites for hydroxylation is 1. The second kappa shape index (κ2) is 6.48. The van der Waals surface area contributed by atoms with Gasteiger partial charge in [0.15, 0.2) is 0 Å². The van der Waals surface area contributed by atoms with Gasteiger partial charge in [0.1, 0.15) is 11.4 Å². The van der Waals surface area contributed by atoms with Crippen molar-refractivity contribution in [3.05, 3.63) is 23.8 Å². The van der Waals surface area contributed by atoms with Gasteiger partial charge in [-0.15, -0.1) is 0 Å². The van der Waals surface area contributed by atoms with Gasteiger partial charge >= 0.3 is 0 Å². The van der Waals surface area contributed by atoms with Crippen molar-refractivity contribution in [1.29, 1.82) is 0 Å². The average Bonchev–Trinajstić information content (AvgIpc) is 2.47. The summed E-state index contributed by atoms with van der Waals surface area (Å²) in [5, 5.41) is 3.00. The third-order valence-electron chi connectivity index (χ3n) is 4.41. The van der Waals surface area contributed by atoms with Crippen LogP contribution in [-0.4, -0.2) is 25.7 Å². The molecule has 1 aliphatic rings. The zero-order chi connectivity index (χ0) is 15.5. The first kappa shape index (κ1) is 15.8. The molecule has 2 atom stereocenters. The molecule has 0 aromatic heterocycles. The van der Waals surface area contributed by atoms with Gasteiger partial charge in [-0.3, -0.25) is 4.79 Å². The van der Waals surface area contributed by atoms with Crippen molar-refractivity contribution in [2.24, 2.45) is 5.92 Å². The minimum atomic E-state index is -0.689. The highest BCUT2D eigenvalue weighted by molar-refractivity contribution is 5.97. The van der Waals surface area contributed by atoms with Crippen LogP contribution in [0.2, 0.25) is 0 Å². The lowest BCUT2D eigenvalue weighted by Gasteiger charge is -2.37. The molecule has 1 N–H and O–H groups in total. The average molecular weight is 291 g/mol. The van der Waals surface area contributed by atoms with E-state index in [0.717, 1.165) is 36.3 Å². The molecule has 4 nitrogen and oxygen atoms in total. The SMILES string of the molecule is COc1ccc(NC(=O)[C@@]2(OC)CCC[C@@H](C)C2)cc1C. The number of benzene rings is 1. The molecule has 0 heterocycles. The van der Waals surface area contributed by atoms with E-state index in [4.69, 9.17) is 9.47 Å². The van der Waals surface area contributed by atoms with Gasteiger partial charge in [0.05, 0.1) is 7.11 Å². The zero-order valence-electron chi connectivity index (χ0n) is 13.4. The van der Waals surface area contributed by atoms with Crippen LogP contribution in [0.25, 0.3) is 0 Å². The maximum Gasteiger partial charge on any atom is 0.256 e. The summed E-state index contributed by atoms with van der Waals surface area (Å²) >= 11 is 0. The molecule has 0 spiro atoms. The fourth-order valence-electron chi connectivity index (χ4n) is 3.19. The van der Waals surface area contributed by atoms with Crippen LogP contribution < -0.4 is 10.1 Å². The van der Waals surface area contributed by atoms with Crippen molar-refractivity contribution in [2.45, 2.75) is 45.1 Å². The molecule has 21 heavy (non-hydrogen) atoms. The van der Waals surface area contributed by atoms with E-state index in [1.54, 1.807) is 14.2 Å². The molecule has 116 valence electrons. The van der Waals surface area contributed by atoms with Crippen LogP contribution >= 0.6 is 0 Å². The first-order chi connectivity index (χ1) is 10.0. The Hall–Kier alpha value is -1.55. The van der Waals surface area contributed by atoms with E-state index >= 15 is 0 Å². The molecule has 4 heteroatoms. The van der Waals surface area contributed by atoms with Gasteiger partial charge in [-0.25, -0.2) is 0 Å². The Morgan fingerprint density at radius 1 is 1.38 bits per heavy atom. The minimum absolute atomic E-state index is 0.0406. The molecule has 1 aliphatic carbocycles. The predicted molar refractivity (Wildman–Crippen MR) is 83.7 cm³/mol. The third kappa shape index (κ3) is 3.38. The van der Waals surface area contributed by atoms with E-state index in [0.29, 0.717) is 5.92 Å². The Labute approximate surface area is 126 Å². The number of ether oxygens (including phenoxy) is 2. The van der Waals surface area contributed by atoms with Gasteiger partial charge < -0.3 is 14.8 Å². The van der Waals surface area contributed by atoms with Crippen LogP contribution in [0, 0.1) is 12.8 Å². The van der Waals surface area contributed by atoms with Crippen molar-refractivity contribution in [1.82, 2.24) is 0 Å². The normalized spacial score (nSPS) is 25.4. The van der Waals surface area contributed by atoms with Crippen molar-refractivity contribution in [3.63, 3.8) is 0 Å². The standard InChI is InChI=1S/C17H25NO3/c1-12-6-5-9-17(11-12,21-4)16(19)18-14-7-8-15(20-3)13(2)10-14/h7-8,10,12H,5-6,9,11H2,1-4H3,(H,18,19)/t12-,17-/m1/s1. The number of anilines is 1. The number of methoxy groups -OCH3 is 2. The van der Waals surface area contributed by atoms with Gasteiger partial charge in [0.25, 0.3) is 5.91 Å². The number of rotatable bonds is 4. The molecule has 1 amide bonds. The number of hydrogen-bond acceptors (Lipinski definition) is 3. The van der Waals surface area contributed by atoms with Crippen LogP contribution in [0.1, 0.15) is 38.2 Å². The molecule has 1 aromatic rings. The van der Waals surface area contributed by atoms with E-state index in [9.17, 15) is 4.79 Å². The Morgan fingerprint density at radius 3 is 2.71 bits per heavy atom. The molecule has 0 unspecified atom stereocenters. The van der Waals surface area contributed by atoms with Crippen molar-refractivity contribution < 1.29 is 14.3 Å². The summed E-state index contributed by atoms with van der Waals surface area (Å²) in [4.78, 5) is 12.7. The lowest BCUT2D eigenvalue weighted by molar-refractivity contribution is -0.143. The van der Waals surface area contributed by atoms with E-state index in [2.05, 4.69) is 12.2 Å². The van der Waals surface area contributed by atoms with Gasteiger partial charge in [-0.1, -0.05) is 13.3 Å². The second-order valence-electron chi connectivity index (χ2n) is 6.04. The van der Waals surface area contributed by atoms with Crippen LogP contribution in [0.5, 0.6) is 5.75 Å². The van der Waals surface area contributed by atoms with Crippen LogP contribution in [0.3, 0.4) is 0 Å². The van der Waals surface area contributed by atoms with Crippen molar-refractivity contribution in [2.75, 3.05) is 19.5 Å². The second-order valence-corrected chi connectivity index (χ2v) is 6.04. The summed E-state index contributed by atoms with van der Waals surface area (Å²) in [6.07, 6.45) is 3.77. The van der Waals surface area contributed by atoms with Gasteiger partial charge in [-0.2, -0.15) is 0 Å². The molecular weight excluding hydrogens is 266 g/mol. The Balaban J connectivity index is 2.14. The molecule has 0 aliphatic heterocycles. The molecule has 0 bridgehead atoms. The Morgan fingerprint density at radius 2 is 2.14 bits per heavy atom. The van der Waals surface area contributed by atoms with E-state index in [1.807, 2.05) is 25.1 Å². The molecular formula is C17H25NO3. The Bertz CT molecular complexity index is 515. The fraction of sp³-hybridized carbons (Fsp3) is 0.588. The Kier molecular flexibility index (Phi) is 4.88. The fourth-order valence-corrected chi connectivity index (χ4v) is 3.19. The lowest BCUT2D eigenvalue weighted by atomic mass is 9.78.